The second-order valence-electron chi connectivity index (χ2n) is 9.12. The molecule has 180 valence electrons. The first-order valence-electron chi connectivity index (χ1n) is 11.1. The van der Waals surface area contributed by atoms with Crippen molar-refractivity contribution in [3.05, 3.63) is 65.9 Å². The summed E-state index contributed by atoms with van der Waals surface area (Å²) in [7, 11) is -4.28. The van der Waals surface area contributed by atoms with Crippen LogP contribution in [0.1, 0.15) is 43.1 Å². The van der Waals surface area contributed by atoms with Gasteiger partial charge in [0.2, 0.25) is 0 Å². The summed E-state index contributed by atoms with van der Waals surface area (Å²) >= 11 is 0. The number of nitrogens with two attached hydrogens (primary N) is 1. The van der Waals surface area contributed by atoms with E-state index in [0.717, 1.165) is 6.42 Å². The number of carbonyl (C=O) groups is 1. The molecule has 1 aliphatic rings. The molecule has 0 radical (unpaired) electrons. The summed E-state index contributed by atoms with van der Waals surface area (Å²) in [5.41, 5.74) is 7.18. The molecule has 0 spiro atoms. The lowest BCUT2D eigenvalue weighted by Crippen LogP contribution is -2.43. The number of hydrogen-bond acceptors (Lipinski definition) is 8. The van der Waals surface area contributed by atoms with Crippen LogP contribution in [0, 0.1) is 17.2 Å². The average molecular weight is 491 g/mol. The lowest BCUT2D eigenvalue weighted by atomic mass is 9.90. The largest absolute Gasteiger partial charge is 0.384 e. The van der Waals surface area contributed by atoms with Crippen molar-refractivity contribution in [3.8, 4) is 17.2 Å². The molecule has 4 rings (SSSR count). The first kappa shape index (κ1) is 24.2. The summed E-state index contributed by atoms with van der Waals surface area (Å²) in [5.74, 6) is -0.0691. The lowest BCUT2D eigenvalue weighted by molar-refractivity contribution is 0.0981. The van der Waals surface area contributed by atoms with E-state index in [2.05, 4.69) is 41.5 Å². The number of hydrogen-bond donors (Lipinski definition) is 2. The topological polar surface area (TPSA) is 142 Å². The number of aromatic nitrogens is 2. The van der Waals surface area contributed by atoms with Crippen LogP contribution >= 0.6 is 0 Å². The first-order chi connectivity index (χ1) is 16.5. The van der Waals surface area contributed by atoms with Crippen molar-refractivity contribution in [2.24, 2.45) is 5.92 Å². The SMILES string of the molecule is CC1CCN(c2ncc(-c3cccc(C#N)c3)cc2C(=O)NS(=O)(=O)c2cccc(N)n2)C1(C)C. The summed E-state index contributed by atoms with van der Waals surface area (Å²) in [4.78, 5) is 23.9. The maximum absolute atomic E-state index is 13.4. The molecular weight excluding hydrogens is 464 g/mol. The molecule has 1 atom stereocenters. The summed E-state index contributed by atoms with van der Waals surface area (Å²) in [6, 6.07) is 14.8. The zero-order chi connectivity index (χ0) is 25.4. The summed E-state index contributed by atoms with van der Waals surface area (Å²) in [6.07, 6.45) is 2.54. The standard InChI is InChI=1S/C25H26N6O3S/c1-16-10-11-31(25(16,2)3)23-20(13-19(15-28-23)18-7-4-6-17(12-18)14-26)24(32)30-35(33,34)22-9-5-8-21(27)29-22/h4-9,12-13,15-16H,10-11H2,1-3H3,(H2,27,29)(H,30,32). The van der Waals surface area contributed by atoms with Crippen LogP contribution in [-0.4, -0.2) is 36.4 Å². The number of benzene rings is 1. The van der Waals surface area contributed by atoms with Gasteiger partial charge in [-0.1, -0.05) is 25.1 Å². The average Bonchev–Trinajstić information content (AvgIpc) is 3.10. The van der Waals surface area contributed by atoms with E-state index in [1.165, 1.54) is 18.2 Å². The minimum Gasteiger partial charge on any atom is -0.384 e. The molecule has 3 aromatic rings. The number of pyridine rings is 2. The molecule has 1 unspecified atom stereocenters. The number of nitrogen functional groups attached to an aromatic ring is 1. The number of rotatable bonds is 5. The molecule has 3 heterocycles. The fraction of sp³-hybridized carbons (Fsp3) is 0.280. The molecule has 3 N–H and O–H groups in total. The quantitative estimate of drug-likeness (QED) is 0.554. The van der Waals surface area contributed by atoms with Crippen LogP contribution in [0.4, 0.5) is 11.6 Å². The highest BCUT2D eigenvalue weighted by Gasteiger charge is 2.41. The van der Waals surface area contributed by atoms with E-state index in [0.29, 0.717) is 35.0 Å². The highest BCUT2D eigenvalue weighted by atomic mass is 32.2. The number of carbonyl (C=O) groups excluding carboxylic acids is 1. The van der Waals surface area contributed by atoms with Gasteiger partial charge in [0.15, 0.2) is 5.03 Å². The molecule has 0 aliphatic carbocycles. The second-order valence-corrected chi connectivity index (χ2v) is 10.7. The first-order valence-corrected chi connectivity index (χ1v) is 12.6. The normalized spacial score (nSPS) is 17.1. The van der Waals surface area contributed by atoms with Crippen LogP contribution < -0.4 is 15.4 Å². The van der Waals surface area contributed by atoms with Crippen molar-refractivity contribution in [2.75, 3.05) is 17.2 Å². The van der Waals surface area contributed by atoms with Gasteiger partial charge in [-0.05, 0) is 62.1 Å². The van der Waals surface area contributed by atoms with E-state index in [9.17, 15) is 18.5 Å². The Kier molecular flexibility index (Phi) is 6.21. The van der Waals surface area contributed by atoms with Gasteiger partial charge in [-0.15, -0.1) is 0 Å². The zero-order valence-corrected chi connectivity index (χ0v) is 20.5. The van der Waals surface area contributed by atoms with E-state index >= 15 is 0 Å². The molecule has 35 heavy (non-hydrogen) atoms. The van der Waals surface area contributed by atoms with Crippen LogP contribution in [0.5, 0.6) is 0 Å². The maximum Gasteiger partial charge on any atom is 0.281 e. The lowest BCUT2D eigenvalue weighted by Gasteiger charge is -2.36. The van der Waals surface area contributed by atoms with Gasteiger partial charge in [-0.2, -0.15) is 13.7 Å². The predicted octanol–water partition coefficient (Wildman–Crippen LogP) is 3.34. The molecule has 0 bridgehead atoms. The van der Waals surface area contributed by atoms with Gasteiger partial charge in [0.1, 0.15) is 11.6 Å². The van der Waals surface area contributed by atoms with E-state index in [4.69, 9.17) is 5.73 Å². The molecule has 10 heteroatoms. The zero-order valence-electron chi connectivity index (χ0n) is 19.7. The van der Waals surface area contributed by atoms with Crippen molar-refractivity contribution in [2.45, 2.75) is 37.8 Å². The van der Waals surface area contributed by atoms with E-state index < -0.39 is 15.9 Å². The molecule has 0 saturated carbocycles. The van der Waals surface area contributed by atoms with Gasteiger partial charge in [0.25, 0.3) is 15.9 Å². The van der Waals surface area contributed by atoms with Crippen LogP contribution in [0.25, 0.3) is 11.1 Å². The Balaban J connectivity index is 1.80. The van der Waals surface area contributed by atoms with Crippen LogP contribution in [0.3, 0.4) is 0 Å². The Morgan fingerprint density at radius 2 is 1.94 bits per heavy atom. The van der Waals surface area contributed by atoms with Gasteiger partial charge >= 0.3 is 0 Å². The minimum absolute atomic E-state index is 0.0230. The third-order valence-corrected chi connectivity index (χ3v) is 7.86. The van der Waals surface area contributed by atoms with Crippen molar-refractivity contribution >= 4 is 27.6 Å². The molecule has 1 aromatic carbocycles. The van der Waals surface area contributed by atoms with E-state index in [1.54, 1.807) is 36.5 Å². The number of nitrogens with one attached hydrogen (secondary N) is 1. The smallest absolute Gasteiger partial charge is 0.281 e. The number of amides is 1. The van der Waals surface area contributed by atoms with Crippen LogP contribution in [0.15, 0.2) is 59.8 Å². The number of nitrogens with zero attached hydrogens (tertiary/aromatic N) is 4. The Morgan fingerprint density at radius 1 is 1.20 bits per heavy atom. The Morgan fingerprint density at radius 3 is 2.60 bits per heavy atom. The highest BCUT2D eigenvalue weighted by molar-refractivity contribution is 7.90. The molecule has 1 amide bonds. The fourth-order valence-corrected chi connectivity index (χ4v) is 5.13. The Hall–Kier alpha value is -3.97. The Bertz CT molecular complexity index is 1450. The molecule has 1 aliphatic heterocycles. The molecular formula is C25H26N6O3S. The predicted molar refractivity (Wildman–Crippen MR) is 133 cm³/mol. The van der Waals surface area contributed by atoms with Gasteiger partial charge in [0, 0.05) is 23.8 Å². The van der Waals surface area contributed by atoms with Crippen molar-refractivity contribution in [1.82, 2.24) is 14.7 Å². The third-order valence-electron chi connectivity index (χ3n) is 6.63. The van der Waals surface area contributed by atoms with Gasteiger partial charge < -0.3 is 10.6 Å². The number of anilines is 2. The minimum atomic E-state index is -4.28. The maximum atomic E-state index is 13.4. The molecule has 1 fully saturated rings. The Labute approximate surface area is 204 Å². The van der Waals surface area contributed by atoms with Crippen LogP contribution in [0.2, 0.25) is 0 Å². The van der Waals surface area contributed by atoms with Crippen molar-refractivity contribution < 1.29 is 13.2 Å². The van der Waals surface area contributed by atoms with Crippen molar-refractivity contribution in [1.29, 1.82) is 5.26 Å². The van der Waals surface area contributed by atoms with Crippen molar-refractivity contribution in [3.63, 3.8) is 0 Å². The monoisotopic (exact) mass is 490 g/mol. The molecule has 1 saturated heterocycles. The second kappa shape index (κ2) is 9.00. The molecule has 9 nitrogen and oxygen atoms in total. The summed E-state index contributed by atoms with van der Waals surface area (Å²) < 4.78 is 27.9. The third kappa shape index (κ3) is 4.68. The van der Waals surface area contributed by atoms with Gasteiger partial charge in [-0.3, -0.25) is 4.79 Å². The molecule has 2 aromatic heterocycles. The summed E-state index contributed by atoms with van der Waals surface area (Å²) in [5, 5.41) is 8.91. The number of nitriles is 1. The van der Waals surface area contributed by atoms with Gasteiger partial charge in [-0.25, -0.2) is 14.7 Å². The number of sulfonamides is 1. The fourth-order valence-electron chi connectivity index (χ4n) is 4.18. The summed E-state index contributed by atoms with van der Waals surface area (Å²) in [6.45, 7) is 6.96. The van der Waals surface area contributed by atoms with Gasteiger partial charge in [0.05, 0.1) is 17.2 Å². The highest BCUT2D eigenvalue weighted by Crippen LogP contribution is 2.39. The van der Waals surface area contributed by atoms with Crippen LogP contribution in [-0.2, 0) is 10.0 Å². The van der Waals surface area contributed by atoms with E-state index in [-0.39, 0.29) is 21.9 Å². The van der Waals surface area contributed by atoms with E-state index in [1.807, 2.05) is 4.90 Å².